The van der Waals surface area contributed by atoms with E-state index in [0.29, 0.717) is 29.8 Å². The van der Waals surface area contributed by atoms with E-state index in [0.717, 1.165) is 31.8 Å². The van der Waals surface area contributed by atoms with Crippen molar-refractivity contribution in [2.24, 2.45) is 23.5 Å². The molecule has 4 nitrogen and oxygen atoms in total. The molecule has 2 saturated carbocycles. The van der Waals surface area contributed by atoms with Crippen LogP contribution in [0.2, 0.25) is 0 Å². The third-order valence-electron chi connectivity index (χ3n) is 6.38. The SMILES string of the molecule is NC1CCC2CN(C(=O)C3CC4CCCCC4N3)CC12. The topological polar surface area (TPSA) is 58.4 Å². The van der Waals surface area contributed by atoms with Crippen molar-refractivity contribution in [1.29, 1.82) is 0 Å². The third kappa shape index (κ3) is 2.08. The quantitative estimate of drug-likeness (QED) is 0.754. The molecule has 0 aromatic heterocycles. The number of carbonyl (C=O) groups is 1. The first-order valence-electron chi connectivity index (χ1n) is 8.53. The Morgan fingerprint density at radius 1 is 1.05 bits per heavy atom. The summed E-state index contributed by atoms with van der Waals surface area (Å²) >= 11 is 0. The number of nitrogens with two attached hydrogens (primary N) is 1. The fraction of sp³-hybridized carbons (Fsp3) is 0.938. The predicted octanol–water partition coefficient (Wildman–Crippen LogP) is 1.10. The van der Waals surface area contributed by atoms with Gasteiger partial charge >= 0.3 is 0 Å². The van der Waals surface area contributed by atoms with Crippen LogP contribution < -0.4 is 11.1 Å². The molecule has 0 radical (unpaired) electrons. The lowest BCUT2D eigenvalue weighted by atomic mass is 9.85. The lowest BCUT2D eigenvalue weighted by molar-refractivity contribution is -0.132. The van der Waals surface area contributed by atoms with Gasteiger partial charge in [0.15, 0.2) is 0 Å². The Bertz CT molecular complexity index is 373. The van der Waals surface area contributed by atoms with Crippen LogP contribution in [-0.2, 0) is 4.79 Å². The Hall–Kier alpha value is -0.610. The summed E-state index contributed by atoms with van der Waals surface area (Å²) in [6.45, 7) is 1.88. The van der Waals surface area contributed by atoms with E-state index in [-0.39, 0.29) is 6.04 Å². The zero-order valence-corrected chi connectivity index (χ0v) is 12.3. The van der Waals surface area contributed by atoms with Gasteiger partial charge < -0.3 is 16.0 Å². The minimum absolute atomic E-state index is 0.0955. The van der Waals surface area contributed by atoms with Gasteiger partial charge in [-0.1, -0.05) is 12.8 Å². The van der Waals surface area contributed by atoms with Gasteiger partial charge in [-0.25, -0.2) is 0 Å². The highest BCUT2D eigenvalue weighted by Crippen LogP contribution is 2.39. The van der Waals surface area contributed by atoms with Crippen LogP contribution >= 0.6 is 0 Å². The van der Waals surface area contributed by atoms with Crippen molar-refractivity contribution in [1.82, 2.24) is 10.2 Å². The average molecular weight is 277 g/mol. The van der Waals surface area contributed by atoms with Crippen LogP contribution in [0.4, 0.5) is 0 Å². The van der Waals surface area contributed by atoms with Gasteiger partial charge in [-0.15, -0.1) is 0 Å². The van der Waals surface area contributed by atoms with Crippen molar-refractivity contribution in [3.05, 3.63) is 0 Å². The molecule has 4 rings (SSSR count). The average Bonchev–Trinajstić information content (AvgIpc) is 3.13. The van der Waals surface area contributed by atoms with Crippen LogP contribution in [0.15, 0.2) is 0 Å². The van der Waals surface area contributed by atoms with Gasteiger partial charge in [0.2, 0.25) is 5.91 Å². The molecular weight excluding hydrogens is 250 g/mol. The second-order valence-electron chi connectivity index (χ2n) is 7.51. The molecule has 6 atom stereocenters. The van der Waals surface area contributed by atoms with Crippen LogP contribution in [-0.4, -0.2) is 42.0 Å². The van der Waals surface area contributed by atoms with Crippen molar-refractivity contribution in [3.63, 3.8) is 0 Å². The summed E-state index contributed by atoms with van der Waals surface area (Å²) in [7, 11) is 0. The van der Waals surface area contributed by atoms with Gasteiger partial charge in [0, 0.05) is 25.2 Å². The first kappa shape index (κ1) is 13.1. The van der Waals surface area contributed by atoms with Crippen molar-refractivity contribution >= 4 is 5.91 Å². The summed E-state index contributed by atoms with van der Waals surface area (Å²) in [6, 6.07) is 1.04. The summed E-state index contributed by atoms with van der Waals surface area (Å²) < 4.78 is 0. The van der Waals surface area contributed by atoms with E-state index in [1.807, 2.05) is 0 Å². The van der Waals surface area contributed by atoms with Crippen LogP contribution in [0.3, 0.4) is 0 Å². The predicted molar refractivity (Wildman–Crippen MR) is 78.1 cm³/mol. The van der Waals surface area contributed by atoms with Gasteiger partial charge in [0.1, 0.15) is 0 Å². The molecule has 0 aromatic rings. The van der Waals surface area contributed by atoms with E-state index in [1.54, 1.807) is 0 Å². The smallest absolute Gasteiger partial charge is 0.239 e. The highest BCUT2D eigenvalue weighted by Gasteiger charge is 2.46. The molecule has 2 aliphatic carbocycles. The number of rotatable bonds is 1. The molecule has 3 N–H and O–H groups in total. The summed E-state index contributed by atoms with van der Waals surface area (Å²) in [5, 5.41) is 3.62. The number of carbonyl (C=O) groups excluding carboxylic acids is 1. The normalized spacial score (nSPS) is 47.4. The Kier molecular flexibility index (Phi) is 3.26. The second kappa shape index (κ2) is 4.99. The van der Waals surface area contributed by atoms with Gasteiger partial charge in [0.05, 0.1) is 6.04 Å². The van der Waals surface area contributed by atoms with Gasteiger partial charge in [0.25, 0.3) is 0 Å². The largest absolute Gasteiger partial charge is 0.341 e. The van der Waals surface area contributed by atoms with E-state index in [9.17, 15) is 4.79 Å². The van der Waals surface area contributed by atoms with Crippen LogP contribution in [0.25, 0.3) is 0 Å². The van der Waals surface area contributed by atoms with Crippen molar-refractivity contribution in [2.45, 2.75) is 63.1 Å². The molecule has 2 saturated heterocycles. The van der Waals surface area contributed by atoms with E-state index in [2.05, 4.69) is 10.2 Å². The maximum atomic E-state index is 12.8. The molecule has 2 aliphatic heterocycles. The molecule has 4 heteroatoms. The summed E-state index contributed by atoms with van der Waals surface area (Å²) in [5.41, 5.74) is 6.18. The van der Waals surface area contributed by atoms with E-state index < -0.39 is 0 Å². The molecule has 112 valence electrons. The van der Waals surface area contributed by atoms with Crippen LogP contribution in [0, 0.1) is 17.8 Å². The number of fused-ring (bicyclic) bond motifs is 2. The highest BCUT2D eigenvalue weighted by molar-refractivity contribution is 5.82. The van der Waals surface area contributed by atoms with E-state index in [1.165, 1.54) is 32.1 Å². The maximum absolute atomic E-state index is 12.8. The summed E-state index contributed by atoms with van der Waals surface area (Å²) in [6.07, 6.45) is 8.72. The van der Waals surface area contributed by atoms with E-state index in [4.69, 9.17) is 5.73 Å². The standard InChI is InChI=1S/C16H27N3O/c17-13-6-5-11-8-19(9-12(11)13)16(20)15-7-10-3-1-2-4-14(10)18-15/h10-15,18H,1-9,17H2. The molecule has 6 unspecified atom stereocenters. The lowest BCUT2D eigenvalue weighted by Crippen LogP contribution is -2.45. The summed E-state index contributed by atoms with van der Waals surface area (Å²) in [4.78, 5) is 14.9. The first-order valence-corrected chi connectivity index (χ1v) is 8.53. The van der Waals surface area contributed by atoms with Gasteiger partial charge in [-0.3, -0.25) is 4.79 Å². The molecule has 20 heavy (non-hydrogen) atoms. The molecule has 4 aliphatic rings. The zero-order valence-electron chi connectivity index (χ0n) is 12.3. The maximum Gasteiger partial charge on any atom is 0.239 e. The summed E-state index contributed by atoms with van der Waals surface area (Å²) in [5.74, 6) is 2.36. The number of nitrogens with one attached hydrogen (secondary N) is 1. The minimum atomic E-state index is 0.0955. The third-order valence-corrected chi connectivity index (χ3v) is 6.38. The second-order valence-corrected chi connectivity index (χ2v) is 7.51. The van der Waals surface area contributed by atoms with Gasteiger partial charge in [-0.2, -0.15) is 0 Å². The molecule has 0 bridgehead atoms. The van der Waals surface area contributed by atoms with Crippen molar-refractivity contribution in [2.75, 3.05) is 13.1 Å². The molecule has 0 aromatic carbocycles. The fourth-order valence-corrected chi connectivity index (χ4v) is 5.22. The number of nitrogens with zero attached hydrogens (tertiary/aromatic N) is 1. The van der Waals surface area contributed by atoms with Crippen molar-refractivity contribution < 1.29 is 4.79 Å². The van der Waals surface area contributed by atoms with Crippen LogP contribution in [0.1, 0.15) is 44.9 Å². The number of amides is 1. The minimum Gasteiger partial charge on any atom is -0.341 e. The van der Waals surface area contributed by atoms with Gasteiger partial charge in [-0.05, 0) is 49.9 Å². The monoisotopic (exact) mass is 277 g/mol. The molecular formula is C16H27N3O. The molecule has 2 heterocycles. The number of likely N-dealkylation sites (tertiary alicyclic amines) is 1. The number of hydrogen-bond donors (Lipinski definition) is 2. The number of hydrogen-bond acceptors (Lipinski definition) is 3. The zero-order chi connectivity index (χ0) is 13.7. The molecule has 1 amide bonds. The Balaban J connectivity index is 1.39. The van der Waals surface area contributed by atoms with Crippen molar-refractivity contribution in [3.8, 4) is 0 Å². The Morgan fingerprint density at radius 2 is 1.90 bits per heavy atom. The molecule has 0 spiro atoms. The first-order chi connectivity index (χ1) is 9.72. The fourth-order valence-electron chi connectivity index (χ4n) is 5.22. The van der Waals surface area contributed by atoms with Crippen LogP contribution in [0.5, 0.6) is 0 Å². The Morgan fingerprint density at radius 3 is 2.70 bits per heavy atom. The highest BCUT2D eigenvalue weighted by atomic mass is 16.2. The molecule has 4 fully saturated rings. The lowest BCUT2D eigenvalue weighted by Gasteiger charge is -2.24. The Labute approximate surface area is 121 Å². The van der Waals surface area contributed by atoms with E-state index >= 15 is 0 Å².